The van der Waals surface area contributed by atoms with Crippen molar-refractivity contribution in [2.24, 2.45) is 0 Å². The first-order chi connectivity index (χ1) is 19.2. The van der Waals surface area contributed by atoms with Crippen LogP contribution in [-0.4, -0.2) is 60.4 Å². The number of anilines is 4. The summed E-state index contributed by atoms with van der Waals surface area (Å²) in [6.07, 6.45) is 0.855. The standard InChI is InChI=1S/C28H27Cl2F2N5O3/c29-21-13-17(5-7-23(21)31)33-27(39)36-16-19(15-35-11-9-20(38)10-12-35)37(26-4-2-1-3-25(26)36)28(40)34-18-6-8-24(32)22(30)14-18/h1-8,13-14,19-20,38H,9-12,15-16H2,(H,33,39)(H,34,40). The summed E-state index contributed by atoms with van der Waals surface area (Å²) in [4.78, 5) is 32.5. The van der Waals surface area contributed by atoms with Crippen molar-refractivity contribution < 1.29 is 23.5 Å². The maximum atomic E-state index is 13.7. The van der Waals surface area contributed by atoms with Crippen LogP contribution in [0.3, 0.4) is 0 Å². The highest BCUT2D eigenvalue weighted by atomic mass is 35.5. The quantitative estimate of drug-likeness (QED) is 0.339. The van der Waals surface area contributed by atoms with Crippen molar-refractivity contribution in [2.75, 3.05) is 46.6 Å². The van der Waals surface area contributed by atoms with E-state index in [1.54, 1.807) is 29.2 Å². The van der Waals surface area contributed by atoms with Gasteiger partial charge in [-0.3, -0.25) is 9.80 Å². The lowest BCUT2D eigenvalue weighted by molar-refractivity contribution is 0.0798. The zero-order chi connectivity index (χ0) is 28.4. The van der Waals surface area contributed by atoms with Gasteiger partial charge in [0.2, 0.25) is 0 Å². The van der Waals surface area contributed by atoms with Gasteiger partial charge in [0.25, 0.3) is 0 Å². The number of carbonyl (C=O) groups is 2. The van der Waals surface area contributed by atoms with Gasteiger partial charge in [-0.1, -0.05) is 35.3 Å². The smallest absolute Gasteiger partial charge is 0.326 e. The Morgan fingerprint density at radius 1 is 0.850 bits per heavy atom. The van der Waals surface area contributed by atoms with Crippen molar-refractivity contribution in [3.8, 4) is 0 Å². The van der Waals surface area contributed by atoms with Crippen LogP contribution in [0.25, 0.3) is 0 Å². The molecular formula is C28H27Cl2F2N5O3. The zero-order valence-corrected chi connectivity index (χ0v) is 22.8. The van der Waals surface area contributed by atoms with Crippen LogP contribution < -0.4 is 20.4 Å². The molecule has 1 unspecified atom stereocenters. The number of halogens is 4. The summed E-state index contributed by atoms with van der Waals surface area (Å²) >= 11 is 11.8. The Labute approximate surface area is 240 Å². The minimum atomic E-state index is -0.600. The van der Waals surface area contributed by atoms with E-state index in [2.05, 4.69) is 15.5 Å². The number of amides is 4. The molecule has 0 aromatic heterocycles. The summed E-state index contributed by atoms with van der Waals surface area (Å²) in [5.74, 6) is -1.20. The molecule has 4 amide bonds. The predicted molar refractivity (Wildman–Crippen MR) is 153 cm³/mol. The average molecular weight is 590 g/mol. The topological polar surface area (TPSA) is 88.2 Å². The van der Waals surface area contributed by atoms with Gasteiger partial charge in [-0.2, -0.15) is 0 Å². The zero-order valence-electron chi connectivity index (χ0n) is 21.3. The summed E-state index contributed by atoms with van der Waals surface area (Å²) in [6, 6.07) is 13.4. The molecule has 2 heterocycles. The summed E-state index contributed by atoms with van der Waals surface area (Å²) in [6.45, 7) is 1.87. The predicted octanol–water partition coefficient (Wildman–Crippen LogP) is 6.19. The van der Waals surface area contributed by atoms with Crippen molar-refractivity contribution in [1.29, 1.82) is 0 Å². The molecule has 8 nitrogen and oxygen atoms in total. The monoisotopic (exact) mass is 589 g/mol. The largest absolute Gasteiger partial charge is 0.393 e. The Morgan fingerprint density at radius 2 is 1.40 bits per heavy atom. The first kappa shape index (κ1) is 28.1. The highest BCUT2D eigenvalue weighted by Crippen LogP contribution is 2.37. The lowest BCUT2D eigenvalue weighted by Gasteiger charge is -2.44. The molecule has 2 aliphatic heterocycles. The molecular weight excluding hydrogens is 563 g/mol. The highest BCUT2D eigenvalue weighted by molar-refractivity contribution is 6.31. The summed E-state index contributed by atoms with van der Waals surface area (Å²) in [5, 5.41) is 15.3. The van der Waals surface area contributed by atoms with E-state index < -0.39 is 29.7 Å². The van der Waals surface area contributed by atoms with Crippen molar-refractivity contribution >= 4 is 58.0 Å². The number of hydrogen-bond donors (Lipinski definition) is 3. The molecule has 3 N–H and O–H groups in total. The van der Waals surface area contributed by atoms with E-state index in [1.807, 2.05) is 0 Å². The van der Waals surface area contributed by atoms with E-state index in [0.29, 0.717) is 55.2 Å². The van der Waals surface area contributed by atoms with Gasteiger partial charge in [0, 0.05) is 37.6 Å². The van der Waals surface area contributed by atoms with Gasteiger partial charge in [-0.05, 0) is 61.4 Å². The molecule has 0 radical (unpaired) electrons. The van der Waals surface area contributed by atoms with Crippen LogP contribution in [-0.2, 0) is 0 Å². The number of hydrogen-bond acceptors (Lipinski definition) is 4. The third kappa shape index (κ3) is 6.15. The molecule has 5 rings (SSSR count). The van der Waals surface area contributed by atoms with Crippen LogP contribution in [0.15, 0.2) is 60.7 Å². The molecule has 40 heavy (non-hydrogen) atoms. The second kappa shape index (κ2) is 12.0. The van der Waals surface area contributed by atoms with Gasteiger partial charge in [-0.25, -0.2) is 18.4 Å². The van der Waals surface area contributed by atoms with Gasteiger partial charge in [0.05, 0.1) is 33.6 Å². The number of piperidine rings is 1. The van der Waals surface area contributed by atoms with Gasteiger partial charge in [-0.15, -0.1) is 0 Å². The fraction of sp³-hybridized carbons (Fsp3) is 0.286. The van der Waals surface area contributed by atoms with Crippen LogP contribution in [0.4, 0.5) is 41.1 Å². The van der Waals surface area contributed by atoms with Crippen molar-refractivity contribution in [1.82, 2.24) is 4.90 Å². The summed E-state index contributed by atoms with van der Waals surface area (Å²) in [7, 11) is 0. The van der Waals surface area contributed by atoms with Gasteiger partial charge >= 0.3 is 12.1 Å². The Kier molecular flexibility index (Phi) is 8.41. The van der Waals surface area contributed by atoms with E-state index in [0.717, 1.165) is 0 Å². The van der Waals surface area contributed by atoms with Crippen molar-refractivity contribution in [2.45, 2.75) is 25.0 Å². The molecule has 210 valence electrons. The fourth-order valence-electron chi connectivity index (χ4n) is 5.01. The van der Waals surface area contributed by atoms with Crippen LogP contribution in [0.1, 0.15) is 12.8 Å². The molecule has 0 saturated carbocycles. The minimum absolute atomic E-state index is 0.120. The molecule has 0 spiro atoms. The van der Waals surface area contributed by atoms with E-state index >= 15 is 0 Å². The normalized spacial score (nSPS) is 17.9. The fourth-order valence-corrected chi connectivity index (χ4v) is 5.37. The number of rotatable bonds is 4. The third-order valence-electron chi connectivity index (χ3n) is 7.02. The van der Waals surface area contributed by atoms with Crippen molar-refractivity contribution in [3.05, 3.63) is 82.3 Å². The molecule has 0 aliphatic carbocycles. The lowest BCUT2D eigenvalue weighted by atomic mass is 10.0. The lowest BCUT2D eigenvalue weighted by Crippen LogP contribution is -2.59. The Balaban J connectivity index is 1.46. The number of para-hydroxylation sites is 2. The van der Waals surface area contributed by atoms with Crippen LogP contribution in [0.5, 0.6) is 0 Å². The number of aliphatic hydroxyl groups is 1. The van der Waals surface area contributed by atoms with Gasteiger partial charge in [0.15, 0.2) is 0 Å². The third-order valence-corrected chi connectivity index (χ3v) is 7.60. The van der Waals surface area contributed by atoms with Gasteiger partial charge < -0.3 is 20.6 Å². The molecule has 1 saturated heterocycles. The van der Waals surface area contributed by atoms with Gasteiger partial charge in [0.1, 0.15) is 11.6 Å². The maximum absolute atomic E-state index is 13.7. The molecule has 0 bridgehead atoms. The Bertz CT molecular complexity index is 1420. The van der Waals surface area contributed by atoms with E-state index in [1.165, 1.54) is 41.3 Å². The van der Waals surface area contributed by atoms with E-state index in [4.69, 9.17) is 23.2 Å². The Morgan fingerprint density at radius 3 is 1.98 bits per heavy atom. The van der Waals surface area contributed by atoms with E-state index in [9.17, 15) is 23.5 Å². The number of nitrogens with zero attached hydrogens (tertiary/aromatic N) is 3. The van der Waals surface area contributed by atoms with E-state index in [-0.39, 0.29) is 22.7 Å². The number of likely N-dealkylation sites (tertiary alicyclic amines) is 1. The van der Waals surface area contributed by atoms with Crippen LogP contribution in [0.2, 0.25) is 10.0 Å². The molecule has 2 aliphatic rings. The first-order valence-corrected chi connectivity index (χ1v) is 13.5. The second-order valence-electron chi connectivity index (χ2n) is 9.77. The highest BCUT2D eigenvalue weighted by Gasteiger charge is 2.38. The number of urea groups is 2. The minimum Gasteiger partial charge on any atom is -0.393 e. The number of fused-ring (bicyclic) bond motifs is 1. The SMILES string of the molecule is O=C(Nc1ccc(F)c(Cl)c1)N1CC(CN2CCC(O)CC2)N(C(=O)Nc2ccc(F)c(Cl)c2)c2ccccc21. The van der Waals surface area contributed by atoms with Crippen molar-refractivity contribution in [3.63, 3.8) is 0 Å². The Hall–Kier alpha value is -3.44. The number of nitrogens with one attached hydrogen (secondary N) is 2. The number of carbonyl (C=O) groups excluding carboxylic acids is 2. The first-order valence-electron chi connectivity index (χ1n) is 12.8. The molecule has 1 atom stereocenters. The summed E-state index contributed by atoms with van der Waals surface area (Å²) in [5.41, 5.74) is 1.63. The molecule has 12 heteroatoms. The molecule has 3 aromatic carbocycles. The molecule has 1 fully saturated rings. The van der Waals surface area contributed by atoms with Crippen LogP contribution in [0, 0.1) is 11.6 Å². The molecule has 3 aromatic rings. The average Bonchev–Trinajstić information content (AvgIpc) is 2.93. The van der Waals surface area contributed by atoms with Crippen LogP contribution >= 0.6 is 23.2 Å². The second-order valence-corrected chi connectivity index (χ2v) is 10.6. The summed E-state index contributed by atoms with van der Waals surface area (Å²) < 4.78 is 27.4. The number of benzene rings is 3. The maximum Gasteiger partial charge on any atom is 0.326 e. The number of aliphatic hydroxyl groups excluding tert-OH is 1.